The zero-order valence-corrected chi connectivity index (χ0v) is 11.1. The van der Waals surface area contributed by atoms with Crippen molar-refractivity contribution in [3.05, 3.63) is 29.6 Å². The lowest BCUT2D eigenvalue weighted by Gasteiger charge is -2.37. The number of anilines is 1. The van der Waals surface area contributed by atoms with Crippen LogP contribution in [0.1, 0.15) is 18.9 Å². The monoisotopic (exact) mass is 252 g/mol. The Hall–Kier alpha value is -1.13. The van der Waals surface area contributed by atoms with Crippen molar-refractivity contribution in [3.8, 4) is 0 Å². The standard InChI is InChI=1S/C14H21FN2O/c1-3-13-10-18-5-4-17(13)14-7-11(9-16-2)6-12(15)8-14/h6-8,13,16H,3-5,9-10H2,1-2H3. The molecule has 0 aliphatic carbocycles. The van der Waals surface area contributed by atoms with E-state index >= 15 is 0 Å². The molecule has 0 saturated carbocycles. The van der Waals surface area contributed by atoms with Gasteiger partial charge in [-0.1, -0.05) is 6.92 Å². The minimum atomic E-state index is -0.168. The zero-order chi connectivity index (χ0) is 13.0. The van der Waals surface area contributed by atoms with Gasteiger partial charge >= 0.3 is 0 Å². The largest absolute Gasteiger partial charge is 0.377 e. The Morgan fingerprint density at radius 3 is 3.00 bits per heavy atom. The van der Waals surface area contributed by atoms with Crippen molar-refractivity contribution in [2.75, 3.05) is 31.7 Å². The van der Waals surface area contributed by atoms with E-state index in [4.69, 9.17) is 4.74 Å². The van der Waals surface area contributed by atoms with Crippen LogP contribution in [0, 0.1) is 5.82 Å². The van der Waals surface area contributed by atoms with Gasteiger partial charge < -0.3 is 15.0 Å². The molecule has 1 N–H and O–H groups in total. The summed E-state index contributed by atoms with van der Waals surface area (Å²) < 4.78 is 19.1. The van der Waals surface area contributed by atoms with E-state index < -0.39 is 0 Å². The number of rotatable bonds is 4. The van der Waals surface area contributed by atoms with Gasteiger partial charge in [-0.2, -0.15) is 0 Å². The van der Waals surface area contributed by atoms with Crippen LogP contribution in [0.25, 0.3) is 0 Å². The fraction of sp³-hybridized carbons (Fsp3) is 0.571. The van der Waals surface area contributed by atoms with Crippen LogP contribution in [0.2, 0.25) is 0 Å². The number of nitrogens with one attached hydrogen (secondary N) is 1. The van der Waals surface area contributed by atoms with Gasteiger partial charge in [-0.05, 0) is 37.2 Å². The Morgan fingerprint density at radius 1 is 1.44 bits per heavy atom. The lowest BCUT2D eigenvalue weighted by Crippen LogP contribution is -2.45. The molecule has 1 aliphatic rings. The summed E-state index contributed by atoms with van der Waals surface area (Å²) >= 11 is 0. The van der Waals surface area contributed by atoms with Crippen LogP contribution in [-0.2, 0) is 11.3 Å². The number of morpholine rings is 1. The zero-order valence-electron chi connectivity index (χ0n) is 11.1. The van der Waals surface area contributed by atoms with Crippen molar-refractivity contribution in [2.45, 2.75) is 25.9 Å². The smallest absolute Gasteiger partial charge is 0.125 e. The van der Waals surface area contributed by atoms with Crippen LogP contribution in [0.5, 0.6) is 0 Å². The summed E-state index contributed by atoms with van der Waals surface area (Å²) in [6.45, 7) is 5.11. The molecule has 1 atom stereocenters. The third-order valence-corrected chi connectivity index (χ3v) is 3.35. The highest BCUT2D eigenvalue weighted by molar-refractivity contribution is 5.50. The first-order chi connectivity index (χ1) is 8.74. The lowest BCUT2D eigenvalue weighted by molar-refractivity contribution is 0.0929. The van der Waals surface area contributed by atoms with Crippen molar-refractivity contribution < 1.29 is 9.13 Å². The molecular weight excluding hydrogens is 231 g/mol. The van der Waals surface area contributed by atoms with Crippen molar-refractivity contribution in [1.82, 2.24) is 5.32 Å². The summed E-state index contributed by atoms with van der Waals surface area (Å²) in [6.07, 6.45) is 1.01. The fourth-order valence-corrected chi connectivity index (χ4v) is 2.44. The molecule has 3 nitrogen and oxygen atoms in total. The average Bonchev–Trinajstić information content (AvgIpc) is 2.38. The Morgan fingerprint density at radius 2 is 2.28 bits per heavy atom. The number of benzene rings is 1. The Bertz CT molecular complexity index is 397. The molecule has 1 heterocycles. The third kappa shape index (κ3) is 3.00. The number of halogens is 1. The molecule has 0 bridgehead atoms. The number of hydrogen-bond acceptors (Lipinski definition) is 3. The van der Waals surface area contributed by atoms with E-state index in [1.165, 1.54) is 0 Å². The second-order valence-corrected chi connectivity index (χ2v) is 4.68. The average molecular weight is 252 g/mol. The van der Waals surface area contributed by atoms with Gasteiger partial charge in [0.2, 0.25) is 0 Å². The van der Waals surface area contributed by atoms with E-state index in [0.717, 1.165) is 30.8 Å². The topological polar surface area (TPSA) is 24.5 Å². The SMILES string of the molecule is CCC1COCCN1c1cc(F)cc(CNC)c1. The van der Waals surface area contributed by atoms with Crippen LogP contribution in [0.4, 0.5) is 10.1 Å². The van der Waals surface area contributed by atoms with Gasteiger partial charge in [-0.15, -0.1) is 0 Å². The lowest BCUT2D eigenvalue weighted by atomic mass is 10.1. The van der Waals surface area contributed by atoms with Gasteiger partial charge in [-0.25, -0.2) is 4.39 Å². The molecule has 1 saturated heterocycles. The molecule has 100 valence electrons. The summed E-state index contributed by atoms with van der Waals surface area (Å²) in [7, 11) is 1.87. The van der Waals surface area contributed by atoms with Gasteiger partial charge in [0.05, 0.1) is 19.3 Å². The van der Waals surface area contributed by atoms with Crippen LogP contribution in [0.15, 0.2) is 18.2 Å². The van der Waals surface area contributed by atoms with Crippen LogP contribution >= 0.6 is 0 Å². The highest BCUT2D eigenvalue weighted by Gasteiger charge is 2.22. The van der Waals surface area contributed by atoms with Crippen molar-refractivity contribution in [3.63, 3.8) is 0 Å². The number of ether oxygens (including phenoxy) is 1. The molecule has 1 fully saturated rings. The van der Waals surface area contributed by atoms with Crippen molar-refractivity contribution >= 4 is 5.69 Å². The maximum atomic E-state index is 13.7. The quantitative estimate of drug-likeness (QED) is 0.888. The summed E-state index contributed by atoms with van der Waals surface area (Å²) in [5.74, 6) is -0.168. The first-order valence-corrected chi connectivity index (χ1v) is 6.53. The van der Waals surface area contributed by atoms with Gasteiger partial charge in [0.25, 0.3) is 0 Å². The van der Waals surface area contributed by atoms with E-state index in [0.29, 0.717) is 19.2 Å². The van der Waals surface area contributed by atoms with E-state index in [2.05, 4.69) is 23.2 Å². The molecule has 4 heteroatoms. The molecule has 1 aromatic rings. The molecule has 18 heavy (non-hydrogen) atoms. The fourth-order valence-electron chi connectivity index (χ4n) is 2.44. The van der Waals surface area contributed by atoms with E-state index in [9.17, 15) is 4.39 Å². The van der Waals surface area contributed by atoms with Crippen LogP contribution in [-0.4, -0.2) is 32.8 Å². The van der Waals surface area contributed by atoms with E-state index in [1.807, 2.05) is 7.05 Å². The normalized spacial score (nSPS) is 20.2. The Balaban J connectivity index is 2.24. The second-order valence-electron chi connectivity index (χ2n) is 4.68. The molecule has 1 unspecified atom stereocenters. The maximum Gasteiger partial charge on any atom is 0.125 e. The first kappa shape index (κ1) is 13.3. The number of nitrogens with zero attached hydrogens (tertiary/aromatic N) is 1. The second kappa shape index (κ2) is 6.16. The highest BCUT2D eigenvalue weighted by atomic mass is 19.1. The predicted octanol–water partition coefficient (Wildman–Crippen LogP) is 2.16. The Labute approximate surface area is 108 Å². The Kier molecular flexibility index (Phi) is 4.55. The van der Waals surface area contributed by atoms with Gasteiger partial charge in [0.15, 0.2) is 0 Å². The van der Waals surface area contributed by atoms with Gasteiger partial charge in [-0.3, -0.25) is 0 Å². The summed E-state index contributed by atoms with van der Waals surface area (Å²) in [5.41, 5.74) is 1.95. The van der Waals surface area contributed by atoms with E-state index in [1.54, 1.807) is 12.1 Å². The molecule has 0 radical (unpaired) electrons. The predicted molar refractivity (Wildman–Crippen MR) is 71.4 cm³/mol. The number of hydrogen-bond donors (Lipinski definition) is 1. The highest BCUT2D eigenvalue weighted by Crippen LogP contribution is 2.24. The summed E-state index contributed by atoms with van der Waals surface area (Å²) in [5, 5.41) is 3.06. The van der Waals surface area contributed by atoms with Crippen LogP contribution in [0.3, 0.4) is 0 Å². The molecule has 0 amide bonds. The van der Waals surface area contributed by atoms with Gasteiger partial charge in [0, 0.05) is 18.8 Å². The van der Waals surface area contributed by atoms with Gasteiger partial charge in [0.1, 0.15) is 5.82 Å². The minimum Gasteiger partial charge on any atom is -0.377 e. The van der Waals surface area contributed by atoms with Crippen molar-refractivity contribution in [1.29, 1.82) is 0 Å². The third-order valence-electron chi connectivity index (χ3n) is 3.35. The van der Waals surface area contributed by atoms with Crippen LogP contribution < -0.4 is 10.2 Å². The molecule has 2 rings (SSSR count). The molecule has 1 aliphatic heterocycles. The molecule has 0 aromatic heterocycles. The molecular formula is C14H21FN2O. The van der Waals surface area contributed by atoms with E-state index in [-0.39, 0.29) is 5.82 Å². The molecule has 1 aromatic carbocycles. The maximum absolute atomic E-state index is 13.7. The first-order valence-electron chi connectivity index (χ1n) is 6.53. The summed E-state index contributed by atoms with van der Waals surface area (Å²) in [6, 6.07) is 5.62. The summed E-state index contributed by atoms with van der Waals surface area (Å²) in [4.78, 5) is 2.26. The van der Waals surface area contributed by atoms with Crippen molar-refractivity contribution in [2.24, 2.45) is 0 Å². The minimum absolute atomic E-state index is 0.168. The molecule has 0 spiro atoms.